The molecule has 248 valence electrons. The second-order valence-electron chi connectivity index (χ2n) is 13.3. The molecule has 0 aliphatic rings. The molecule has 0 aromatic heterocycles. The lowest BCUT2D eigenvalue weighted by Crippen LogP contribution is -2.68. The van der Waals surface area contributed by atoms with Crippen molar-refractivity contribution in [3.63, 3.8) is 0 Å². The zero-order valence-electron chi connectivity index (χ0n) is 27.9. The quantitative estimate of drug-likeness (QED) is 0.198. The predicted molar refractivity (Wildman–Crippen MR) is 182 cm³/mol. The molecule has 0 saturated heterocycles. The topological polar surface area (TPSA) is 123 Å². The lowest BCUT2D eigenvalue weighted by molar-refractivity contribution is -0.143. The van der Waals surface area contributed by atoms with Gasteiger partial charge in [0.2, 0.25) is 0 Å². The third kappa shape index (κ3) is 9.67. The first-order valence-corrected chi connectivity index (χ1v) is 17.5. The van der Waals surface area contributed by atoms with Crippen molar-refractivity contribution in [2.75, 3.05) is 6.61 Å². The Kier molecular flexibility index (Phi) is 12.6. The molecule has 0 bridgehead atoms. The SMILES string of the molecule is CCC(C(=O)O)[C@@H](NC(=O)OCc1ccccc1)[C@@H](CO[Si](c1ccccc1)(c1ccccc1)C(C)(C)C)NC(=O)OC(C)(C)C. The Hall–Kier alpha value is -4.15. The van der Waals surface area contributed by atoms with Crippen LogP contribution in [0.3, 0.4) is 0 Å². The maximum Gasteiger partial charge on any atom is 0.408 e. The van der Waals surface area contributed by atoms with Crippen LogP contribution in [0.4, 0.5) is 9.59 Å². The monoisotopic (exact) mass is 648 g/mol. The number of carbonyl (C=O) groups excluding carboxylic acids is 2. The standard InChI is InChI=1S/C36H48N2O7Si/c1-8-29(32(39)40)31(38-33(41)43-24-26-18-12-9-13-19-26)30(37-34(42)45-35(2,3)4)25-44-46(36(5,6)7,27-20-14-10-15-21-27)28-22-16-11-17-23-28/h9-23,29-31H,8,24-25H2,1-7H3,(H,37,42)(H,38,41)(H,39,40)/t29?,30-,31-/m1/s1. The number of nitrogens with one attached hydrogen (secondary N) is 2. The van der Waals surface area contributed by atoms with Crippen LogP contribution < -0.4 is 21.0 Å². The molecule has 3 aromatic carbocycles. The minimum atomic E-state index is -3.11. The first kappa shape index (κ1) is 36.3. The van der Waals surface area contributed by atoms with Crippen LogP contribution in [0.5, 0.6) is 0 Å². The fourth-order valence-corrected chi connectivity index (χ4v) is 10.2. The van der Waals surface area contributed by atoms with Gasteiger partial charge in [-0.05, 0) is 48.2 Å². The molecule has 0 aliphatic heterocycles. The van der Waals surface area contributed by atoms with Crippen LogP contribution in [-0.4, -0.2) is 55.9 Å². The smallest absolute Gasteiger partial charge is 0.408 e. The van der Waals surface area contributed by atoms with E-state index in [1.807, 2.05) is 91.0 Å². The highest BCUT2D eigenvalue weighted by molar-refractivity contribution is 6.99. The number of hydrogen-bond acceptors (Lipinski definition) is 6. The number of carboxylic acid groups (broad SMARTS) is 1. The van der Waals surface area contributed by atoms with Gasteiger partial charge in [-0.25, -0.2) is 9.59 Å². The minimum absolute atomic E-state index is 0.00796. The van der Waals surface area contributed by atoms with Crippen LogP contribution in [0, 0.1) is 5.92 Å². The van der Waals surface area contributed by atoms with Gasteiger partial charge < -0.3 is 29.6 Å². The van der Waals surface area contributed by atoms with Crippen molar-refractivity contribution >= 4 is 36.8 Å². The Bertz CT molecular complexity index is 1370. The molecule has 0 aliphatic carbocycles. The molecule has 0 heterocycles. The number of aliphatic carboxylic acids is 1. The number of rotatable bonds is 13. The summed E-state index contributed by atoms with van der Waals surface area (Å²) in [6.45, 7) is 13.2. The summed E-state index contributed by atoms with van der Waals surface area (Å²) in [5.74, 6) is -2.20. The largest absolute Gasteiger partial charge is 0.481 e. The van der Waals surface area contributed by atoms with Crippen molar-refractivity contribution in [2.24, 2.45) is 5.92 Å². The summed E-state index contributed by atoms with van der Waals surface area (Å²) in [7, 11) is -3.11. The molecule has 9 nitrogen and oxygen atoms in total. The first-order valence-electron chi connectivity index (χ1n) is 15.6. The zero-order chi connectivity index (χ0) is 34.0. The molecule has 0 fully saturated rings. The zero-order valence-corrected chi connectivity index (χ0v) is 28.9. The maximum absolute atomic E-state index is 13.2. The number of alkyl carbamates (subject to hydrolysis) is 2. The van der Waals surface area contributed by atoms with E-state index < -0.39 is 50.1 Å². The average molecular weight is 649 g/mol. The molecular formula is C36H48N2O7Si. The average Bonchev–Trinajstić information content (AvgIpc) is 2.99. The van der Waals surface area contributed by atoms with Gasteiger partial charge in [-0.15, -0.1) is 0 Å². The number of benzene rings is 3. The Balaban J connectivity index is 2.07. The third-order valence-corrected chi connectivity index (χ3v) is 12.7. The third-order valence-electron chi connectivity index (χ3n) is 7.72. The molecule has 0 radical (unpaired) electrons. The van der Waals surface area contributed by atoms with Crippen LogP contribution >= 0.6 is 0 Å². The lowest BCUT2D eigenvalue weighted by atomic mass is 9.91. The summed E-state index contributed by atoms with van der Waals surface area (Å²) in [6.07, 6.45) is -1.40. The summed E-state index contributed by atoms with van der Waals surface area (Å²) in [6, 6.07) is 27.0. The molecule has 46 heavy (non-hydrogen) atoms. The van der Waals surface area contributed by atoms with Gasteiger partial charge in [0.05, 0.1) is 24.6 Å². The number of carboxylic acids is 1. The van der Waals surface area contributed by atoms with Crippen LogP contribution in [0.1, 0.15) is 60.5 Å². The molecule has 0 saturated carbocycles. The van der Waals surface area contributed by atoms with E-state index in [0.29, 0.717) is 0 Å². The van der Waals surface area contributed by atoms with E-state index in [2.05, 4.69) is 31.4 Å². The van der Waals surface area contributed by atoms with Crippen LogP contribution in [0.25, 0.3) is 0 Å². The highest BCUT2D eigenvalue weighted by atomic mass is 28.4. The summed E-state index contributed by atoms with van der Waals surface area (Å²) >= 11 is 0. The molecular weight excluding hydrogens is 600 g/mol. The molecule has 10 heteroatoms. The molecule has 3 atom stereocenters. The molecule has 0 spiro atoms. The molecule has 2 amide bonds. The van der Waals surface area contributed by atoms with Gasteiger partial charge in [-0.1, -0.05) is 119 Å². The number of amides is 2. The lowest BCUT2D eigenvalue weighted by Gasteiger charge is -2.44. The van der Waals surface area contributed by atoms with Crippen molar-refractivity contribution in [2.45, 2.75) is 84.2 Å². The van der Waals surface area contributed by atoms with Crippen molar-refractivity contribution in [3.05, 3.63) is 96.6 Å². The summed E-state index contributed by atoms with van der Waals surface area (Å²) < 4.78 is 18.2. The van der Waals surface area contributed by atoms with Crippen molar-refractivity contribution in [3.8, 4) is 0 Å². The number of ether oxygens (including phenoxy) is 2. The van der Waals surface area contributed by atoms with Gasteiger partial charge in [-0.3, -0.25) is 4.79 Å². The van der Waals surface area contributed by atoms with Gasteiger partial charge in [0.25, 0.3) is 8.32 Å². The number of carbonyl (C=O) groups is 3. The molecule has 3 rings (SSSR count). The second-order valence-corrected chi connectivity index (χ2v) is 17.6. The highest BCUT2D eigenvalue weighted by Gasteiger charge is 2.51. The van der Waals surface area contributed by atoms with Gasteiger partial charge in [0.1, 0.15) is 12.2 Å². The van der Waals surface area contributed by atoms with Gasteiger partial charge in [0, 0.05) is 0 Å². The summed E-state index contributed by atoms with van der Waals surface area (Å²) in [4.78, 5) is 39.0. The molecule has 3 aromatic rings. The maximum atomic E-state index is 13.2. The van der Waals surface area contributed by atoms with Crippen molar-refractivity contribution in [1.82, 2.24) is 10.6 Å². The highest BCUT2D eigenvalue weighted by Crippen LogP contribution is 2.37. The Morgan fingerprint density at radius 2 is 1.26 bits per heavy atom. The summed E-state index contributed by atoms with van der Waals surface area (Å²) in [5, 5.41) is 17.5. The van der Waals surface area contributed by atoms with Crippen molar-refractivity contribution in [1.29, 1.82) is 0 Å². The minimum Gasteiger partial charge on any atom is -0.481 e. The van der Waals surface area contributed by atoms with Crippen LogP contribution in [-0.2, 0) is 25.3 Å². The van der Waals surface area contributed by atoms with E-state index >= 15 is 0 Å². The predicted octanol–water partition coefficient (Wildman–Crippen LogP) is 5.86. The van der Waals surface area contributed by atoms with E-state index in [0.717, 1.165) is 15.9 Å². The van der Waals surface area contributed by atoms with E-state index in [9.17, 15) is 19.5 Å². The van der Waals surface area contributed by atoms with E-state index in [1.165, 1.54) is 0 Å². The van der Waals surface area contributed by atoms with Gasteiger partial charge in [0.15, 0.2) is 0 Å². The second kappa shape index (κ2) is 15.9. The van der Waals surface area contributed by atoms with Gasteiger partial charge >= 0.3 is 18.2 Å². The Morgan fingerprint density at radius 3 is 1.70 bits per heavy atom. The number of hydrogen-bond donors (Lipinski definition) is 3. The van der Waals surface area contributed by atoms with Crippen LogP contribution in [0.2, 0.25) is 5.04 Å². The summed E-state index contributed by atoms with van der Waals surface area (Å²) in [5.41, 5.74) is -0.0416. The van der Waals surface area contributed by atoms with Gasteiger partial charge in [-0.2, -0.15) is 0 Å². The first-order chi connectivity index (χ1) is 21.7. The normalized spacial score (nSPS) is 14.0. The van der Waals surface area contributed by atoms with Crippen molar-refractivity contribution < 1.29 is 33.4 Å². The van der Waals surface area contributed by atoms with E-state index in [-0.39, 0.29) is 24.7 Å². The Labute approximate surface area is 273 Å². The fraction of sp³-hybridized carbons (Fsp3) is 0.417. The molecule has 1 unspecified atom stereocenters. The fourth-order valence-electron chi connectivity index (χ4n) is 5.64. The van der Waals surface area contributed by atoms with E-state index in [4.69, 9.17) is 13.9 Å². The van der Waals surface area contributed by atoms with E-state index in [1.54, 1.807) is 27.7 Å². The van der Waals surface area contributed by atoms with Crippen LogP contribution in [0.15, 0.2) is 91.0 Å². The molecule has 3 N–H and O–H groups in total. The Morgan fingerprint density at radius 1 is 0.761 bits per heavy atom.